The Kier molecular flexibility index (Phi) is 3.93. The Morgan fingerprint density at radius 1 is 1.65 bits per heavy atom. The van der Waals surface area contributed by atoms with Crippen LogP contribution >= 0.6 is 11.6 Å². The first-order chi connectivity index (χ1) is 8.22. The van der Waals surface area contributed by atoms with E-state index in [9.17, 15) is 9.90 Å². The number of morpholine rings is 1. The molecule has 0 spiro atoms. The standard InChI is InChI=1S/C11H13ClN2O3/c12-10-2-1-8(5-13-10)11(16)14-3-4-17-7-9(14)6-15/h1-2,5,9,15H,3-4,6-7H2. The van der Waals surface area contributed by atoms with Crippen LogP contribution in [-0.2, 0) is 4.74 Å². The molecule has 17 heavy (non-hydrogen) atoms. The van der Waals surface area contributed by atoms with E-state index in [1.807, 2.05) is 0 Å². The Bertz CT molecular complexity index is 396. The molecule has 2 rings (SSSR count). The lowest BCUT2D eigenvalue weighted by atomic mass is 10.2. The van der Waals surface area contributed by atoms with E-state index in [4.69, 9.17) is 16.3 Å². The fourth-order valence-corrected chi connectivity index (χ4v) is 1.85. The van der Waals surface area contributed by atoms with Crippen molar-refractivity contribution in [3.63, 3.8) is 0 Å². The molecule has 1 amide bonds. The molecule has 0 saturated carbocycles. The summed E-state index contributed by atoms with van der Waals surface area (Å²) in [5, 5.41) is 9.54. The van der Waals surface area contributed by atoms with Gasteiger partial charge in [-0.15, -0.1) is 0 Å². The second-order valence-electron chi connectivity index (χ2n) is 3.78. The molecule has 0 aromatic carbocycles. The third kappa shape index (κ3) is 2.74. The highest BCUT2D eigenvalue weighted by Crippen LogP contribution is 2.13. The van der Waals surface area contributed by atoms with E-state index in [1.165, 1.54) is 6.20 Å². The number of pyridine rings is 1. The van der Waals surface area contributed by atoms with Gasteiger partial charge in [-0.25, -0.2) is 4.98 Å². The van der Waals surface area contributed by atoms with Crippen LogP contribution in [0, 0.1) is 0 Å². The van der Waals surface area contributed by atoms with Crippen LogP contribution in [0.15, 0.2) is 18.3 Å². The van der Waals surface area contributed by atoms with Gasteiger partial charge in [-0.3, -0.25) is 4.79 Å². The summed E-state index contributed by atoms with van der Waals surface area (Å²) in [6, 6.07) is 2.91. The van der Waals surface area contributed by atoms with Crippen LogP contribution in [-0.4, -0.2) is 53.3 Å². The summed E-state index contributed by atoms with van der Waals surface area (Å²) < 4.78 is 5.22. The fourth-order valence-electron chi connectivity index (χ4n) is 1.74. The quantitative estimate of drug-likeness (QED) is 0.786. The van der Waals surface area contributed by atoms with Crippen LogP contribution in [0.25, 0.3) is 0 Å². The molecule has 0 aliphatic carbocycles. The number of rotatable bonds is 2. The number of aromatic nitrogens is 1. The number of carbonyl (C=O) groups excluding carboxylic acids is 1. The third-order valence-electron chi connectivity index (χ3n) is 2.67. The zero-order valence-corrected chi connectivity index (χ0v) is 9.93. The average Bonchev–Trinajstić information content (AvgIpc) is 2.39. The fraction of sp³-hybridized carbons (Fsp3) is 0.455. The van der Waals surface area contributed by atoms with Crippen molar-refractivity contribution in [2.45, 2.75) is 6.04 Å². The van der Waals surface area contributed by atoms with E-state index >= 15 is 0 Å². The summed E-state index contributed by atoms with van der Waals surface area (Å²) in [5.74, 6) is -0.156. The van der Waals surface area contributed by atoms with E-state index < -0.39 is 0 Å². The second kappa shape index (κ2) is 5.44. The average molecular weight is 257 g/mol. The first-order valence-corrected chi connectivity index (χ1v) is 5.71. The van der Waals surface area contributed by atoms with Crippen LogP contribution in [0.2, 0.25) is 5.15 Å². The molecule has 6 heteroatoms. The van der Waals surface area contributed by atoms with E-state index in [1.54, 1.807) is 17.0 Å². The van der Waals surface area contributed by atoms with Gasteiger partial charge in [-0.05, 0) is 12.1 Å². The van der Waals surface area contributed by atoms with Gasteiger partial charge >= 0.3 is 0 Å². The highest BCUT2D eigenvalue weighted by molar-refractivity contribution is 6.29. The van der Waals surface area contributed by atoms with Crippen LogP contribution in [0.4, 0.5) is 0 Å². The van der Waals surface area contributed by atoms with E-state index in [0.29, 0.717) is 30.5 Å². The predicted molar refractivity (Wildman–Crippen MR) is 62.0 cm³/mol. The number of aliphatic hydroxyl groups is 1. The van der Waals surface area contributed by atoms with Gasteiger partial charge in [0.05, 0.1) is 31.4 Å². The summed E-state index contributed by atoms with van der Waals surface area (Å²) in [4.78, 5) is 17.6. The van der Waals surface area contributed by atoms with Crippen LogP contribution < -0.4 is 0 Å². The van der Waals surface area contributed by atoms with Gasteiger partial charge in [0, 0.05) is 12.7 Å². The topological polar surface area (TPSA) is 62.7 Å². The molecule has 1 aliphatic rings. The Labute approximate surface area is 104 Å². The van der Waals surface area contributed by atoms with Gasteiger partial charge in [-0.2, -0.15) is 0 Å². The molecule has 1 saturated heterocycles. The van der Waals surface area contributed by atoms with Crippen molar-refractivity contribution in [3.8, 4) is 0 Å². The monoisotopic (exact) mass is 256 g/mol. The van der Waals surface area contributed by atoms with Crippen LogP contribution in [0.5, 0.6) is 0 Å². The number of nitrogens with zero attached hydrogens (tertiary/aromatic N) is 2. The minimum Gasteiger partial charge on any atom is -0.394 e. The predicted octanol–water partition coefficient (Wildman–Crippen LogP) is 0.568. The Balaban J connectivity index is 2.15. The van der Waals surface area contributed by atoms with Crippen molar-refractivity contribution in [1.82, 2.24) is 9.88 Å². The summed E-state index contributed by atoms with van der Waals surface area (Å²) in [7, 11) is 0. The number of hydrogen-bond donors (Lipinski definition) is 1. The minimum atomic E-state index is -0.285. The summed E-state index contributed by atoms with van der Waals surface area (Å²) >= 11 is 5.66. The van der Waals surface area contributed by atoms with Crippen molar-refractivity contribution in [3.05, 3.63) is 29.0 Å². The Morgan fingerprint density at radius 3 is 3.12 bits per heavy atom. The molecule has 0 radical (unpaired) electrons. The number of amides is 1. The Hall–Kier alpha value is -1.17. The highest BCUT2D eigenvalue weighted by atomic mass is 35.5. The zero-order valence-electron chi connectivity index (χ0n) is 9.17. The molecular weight excluding hydrogens is 244 g/mol. The number of ether oxygens (including phenoxy) is 1. The van der Waals surface area contributed by atoms with Crippen molar-refractivity contribution >= 4 is 17.5 Å². The molecule has 1 unspecified atom stereocenters. The van der Waals surface area contributed by atoms with Crippen LogP contribution in [0.3, 0.4) is 0 Å². The van der Waals surface area contributed by atoms with E-state index in [2.05, 4.69) is 4.98 Å². The molecule has 1 atom stereocenters. The lowest BCUT2D eigenvalue weighted by molar-refractivity contribution is -0.0184. The van der Waals surface area contributed by atoms with Gasteiger partial charge in [0.2, 0.25) is 0 Å². The molecule has 1 fully saturated rings. The molecule has 1 aromatic rings. The molecule has 2 heterocycles. The minimum absolute atomic E-state index is 0.104. The van der Waals surface area contributed by atoms with Crippen molar-refractivity contribution in [1.29, 1.82) is 0 Å². The summed E-state index contributed by atoms with van der Waals surface area (Å²) in [5.41, 5.74) is 0.467. The number of hydrogen-bond acceptors (Lipinski definition) is 4. The molecule has 1 N–H and O–H groups in total. The van der Waals surface area contributed by atoms with Gasteiger partial charge < -0.3 is 14.7 Å². The number of carbonyl (C=O) groups is 1. The van der Waals surface area contributed by atoms with E-state index in [-0.39, 0.29) is 18.6 Å². The molecule has 1 aliphatic heterocycles. The molecular formula is C11H13ClN2O3. The second-order valence-corrected chi connectivity index (χ2v) is 4.17. The summed E-state index contributed by atoms with van der Waals surface area (Å²) in [6.07, 6.45) is 1.44. The Morgan fingerprint density at radius 2 is 2.47 bits per heavy atom. The van der Waals surface area contributed by atoms with Crippen molar-refractivity contribution in [2.75, 3.05) is 26.4 Å². The smallest absolute Gasteiger partial charge is 0.255 e. The largest absolute Gasteiger partial charge is 0.394 e. The molecule has 5 nitrogen and oxygen atoms in total. The SMILES string of the molecule is O=C(c1ccc(Cl)nc1)N1CCOCC1CO. The highest BCUT2D eigenvalue weighted by Gasteiger charge is 2.27. The lowest BCUT2D eigenvalue weighted by Gasteiger charge is -2.34. The van der Waals surface area contributed by atoms with E-state index in [0.717, 1.165) is 0 Å². The van der Waals surface area contributed by atoms with Crippen molar-refractivity contribution in [2.24, 2.45) is 0 Å². The third-order valence-corrected chi connectivity index (χ3v) is 2.90. The van der Waals surface area contributed by atoms with Gasteiger partial charge in [0.25, 0.3) is 5.91 Å². The molecule has 1 aromatic heterocycles. The maximum atomic E-state index is 12.2. The first kappa shape index (κ1) is 12.3. The van der Waals surface area contributed by atoms with Gasteiger partial charge in [-0.1, -0.05) is 11.6 Å². The van der Waals surface area contributed by atoms with Gasteiger partial charge in [0.1, 0.15) is 5.15 Å². The number of halogens is 1. The van der Waals surface area contributed by atoms with Crippen LogP contribution in [0.1, 0.15) is 10.4 Å². The first-order valence-electron chi connectivity index (χ1n) is 5.33. The maximum absolute atomic E-state index is 12.2. The lowest BCUT2D eigenvalue weighted by Crippen LogP contribution is -2.50. The number of aliphatic hydroxyl groups excluding tert-OH is 1. The molecule has 0 bridgehead atoms. The maximum Gasteiger partial charge on any atom is 0.255 e. The zero-order chi connectivity index (χ0) is 12.3. The summed E-state index contributed by atoms with van der Waals surface area (Å²) in [6.45, 7) is 1.23. The van der Waals surface area contributed by atoms with Gasteiger partial charge in [0.15, 0.2) is 0 Å². The van der Waals surface area contributed by atoms with Crippen molar-refractivity contribution < 1.29 is 14.6 Å². The normalized spacial score (nSPS) is 20.4. The molecule has 92 valence electrons.